The standard InChI is InChI=1S/C13H8Br2N4OS/c14-10-5-17-12(11(15)18-10)19-13(20)9-4-6-3-7(16)1-2-8(6)21-9/h1-5H,16H2,(H,17,19,20). The molecule has 0 spiro atoms. The molecule has 5 nitrogen and oxygen atoms in total. The second-order valence-corrected chi connectivity index (χ2v) is 6.84. The fraction of sp³-hybridized carbons (Fsp3) is 0. The molecule has 8 heteroatoms. The summed E-state index contributed by atoms with van der Waals surface area (Å²) in [6, 6.07) is 7.38. The first-order valence-electron chi connectivity index (χ1n) is 5.81. The Morgan fingerprint density at radius 2 is 2.10 bits per heavy atom. The number of nitrogen functional groups attached to an aromatic ring is 1. The molecular weight excluding hydrogens is 420 g/mol. The van der Waals surface area contributed by atoms with Gasteiger partial charge < -0.3 is 11.1 Å². The van der Waals surface area contributed by atoms with Crippen LogP contribution in [0.3, 0.4) is 0 Å². The third kappa shape index (κ3) is 3.07. The van der Waals surface area contributed by atoms with Crippen LogP contribution in [0.4, 0.5) is 11.5 Å². The minimum absolute atomic E-state index is 0.230. The van der Waals surface area contributed by atoms with Crippen LogP contribution >= 0.6 is 43.2 Å². The first-order valence-corrected chi connectivity index (χ1v) is 8.21. The number of carbonyl (C=O) groups is 1. The van der Waals surface area contributed by atoms with Crippen molar-refractivity contribution in [3.05, 3.63) is 44.5 Å². The number of nitrogens with zero attached hydrogens (tertiary/aromatic N) is 2. The summed E-state index contributed by atoms with van der Waals surface area (Å²) in [6.07, 6.45) is 1.52. The maximum absolute atomic E-state index is 12.3. The fourth-order valence-corrected chi connectivity index (χ4v) is 3.62. The number of carbonyl (C=O) groups excluding carboxylic acids is 1. The minimum atomic E-state index is -0.230. The molecule has 21 heavy (non-hydrogen) atoms. The number of thiophene rings is 1. The van der Waals surface area contributed by atoms with Crippen LogP contribution in [0.2, 0.25) is 0 Å². The third-order valence-corrected chi connectivity index (χ3v) is 4.75. The molecule has 2 heterocycles. The van der Waals surface area contributed by atoms with E-state index in [4.69, 9.17) is 5.73 Å². The lowest BCUT2D eigenvalue weighted by Gasteiger charge is -2.04. The van der Waals surface area contributed by atoms with E-state index in [9.17, 15) is 4.79 Å². The summed E-state index contributed by atoms with van der Waals surface area (Å²) in [5.74, 6) is 0.146. The summed E-state index contributed by atoms with van der Waals surface area (Å²) in [4.78, 5) is 21.1. The summed E-state index contributed by atoms with van der Waals surface area (Å²) >= 11 is 7.87. The molecule has 1 amide bonds. The monoisotopic (exact) mass is 426 g/mol. The van der Waals surface area contributed by atoms with E-state index in [0.29, 0.717) is 25.6 Å². The van der Waals surface area contributed by atoms with Crippen LogP contribution < -0.4 is 11.1 Å². The molecule has 2 aromatic heterocycles. The Labute approximate surface area is 140 Å². The van der Waals surface area contributed by atoms with Gasteiger partial charge in [0.1, 0.15) is 9.21 Å². The number of anilines is 2. The van der Waals surface area contributed by atoms with Gasteiger partial charge in [-0.25, -0.2) is 9.97 Å². The van der Waals surface area contributed by atoms with Crippen molar-refractivity contribution in [2.24, 2.45) is 0 Å². The average molecular weight is 428 g/mol. The van der Waals surface area contributed by atoms with Crippen molar-refractivity contribution in [1.29, 1.82) is 0 Å². The highest BCUT2D eigenvalue weighted by Gasteiger charge is 2.13. The van der Waals surface area contributed by atoms with Gasteiger partial charge in [0.25, 0.3) is 5.91 Å². The first-order chi connectivity index (χ1) is 10.0. The molecule has 0 aliphatic rings. The zero-order valence-electron chi connectivity index (χ0n) is 10.4. The summed E-state index contributed by atoms with van der Waals surface area (Å²) in [5, 5.41) is 3.68. The van der Waals surface area contributed by atoms with E-state index in [0.717, 1.165) is 10.1 Å². The molecule has 0 atom stereocenters. The summed E-state index contributed by atoms with van der Waals surface area (Å²) < 4.78 is 2.07. The van der Waals surface area contributed by atoms with Crippen molar-refractivity contribution in [2.75, 3.05) is 11.1 Å². The Morgan fingerprint density at radius 1 is 1.29 bits per heavy atom. The van der Waals surface area contributed by atoms with Crippen LogP contribution in [0.25, 0.3) is 10.1 Å². The molecule has 0 aliphatic heterocycles. The predicted molar refractivity (Wildman–Crippen MR) is 91.6 cm³/mol. The van der Waals surface area contributed by atoms with Crippen molar-refractivity contribution in [3.8, 4) is 0 Å². The third-order valence-electron chi connectivity index (χ3n) is 2.70. The van der Waals surface area contributed by atoms with Crippen molar-refractivity contribution in [3.63, 3.8) is 0 Å². The second-order valence-electron chi connectivity index (χ2n) is 4.19. The van der Waals surface area contributed by atoms with E-state index >= 15 is 0 Å². The highest BCUT2D eigenvalue weighted by Crippen LogP contribution is 2.28. The smallest absolute Gasteiger partial charge is 0.266 e. The average Bonchev–Trinajstić information content (AvgIpc) is 2.85. The van der Waals surface area contributed by atoms with E-state index < -0.39 is 0 Å². The molecule has 0 saturated carbocycles. The SMILES string of the molecule is Nc1ccc2sc(C(=O)Nc3ncc(Br)nc3Br)cc2c1. The van der Waals surface area contributed by atoms with Crippen LogP contribution in [-0.4, -0.2) is 15.9 Å². The van der Waals surface area contributed by atoms with Gasteiger partial charge in [0.05, 0.1) is 11.1 Å². The fourth-order valence-electron chi connectivity index (χ4n) is 1.77. The molecule has 0 fully saturated rings. The normalized spacial score (nSPS) is 10.8. The molecule has 0 radical (unpaired) electrons. The zero-order chi connectivity index (χ0) is 15.0. The van der Waals surface area contributed by atoms with Crippen LogP contribution in [0.1, 0.15) is 9.67 Å². The number of benzene rings is 1. The minimum Gasteiger partial charge on any atom is -0.399 e. The van der Waals surface area contributed by atoms with E-state index in [1.165, 1.54) is 17.5 Å². The number of fused-ring (bicyclic) bond motifs is 1. The topological polar surface area (TPSA) is 80.9 Å². The second kappa shape index (κ2) is 5.70. The number of aromatic nitrogens is 2. The molecule has 1 aromatic carbocycles. The van der Waals surface area contributed by atoms with Gasteiger partial charge >= 0.3 is 0 Å². The van der Waals surface area contributed by atoms with Crippen molar-refractivity contribution in [1.82, 2.24) is 9.97 Å². The Balaban J connectivity index is 1.89. The van der Waals surface area contributed by atoms with Gasteiger partial charge in [-0.2, -0.15) is 0 Å². The Hall–Kier alpha value is -1.51. The highest BCUT2D eigenvalue weighted by molar-refractivity contribution is 9.11. The van der Waals surface area contributed by atoms with Crippen molar-refractivity contribution in [2.45, 2.75) is 0 Å². The lowest BCUT2D eigenvalue weighted by atomic mass is 10.2. The quantitative estimate of drug-likeness (QED) is 0.604. The Kier molecular flexibility index (Phi) is 3.92. The number of rotatable bonds is 2. The lowest BCUT2D eigenvalue weighted by Crippen LogP contribution is -2.12. The predicted octanol–water partition coefficient (Wildman–Crippen LogP) is 4.05. The van der Waals surface area contributed by atoms with Gasteiger partial charge in [-0.15, -0.1) is 11.3 Å². The lowest BCUT2D eigenvalue weighted by molar-refractivity contribution is 0.103. The van der Waals surface area contributed by atoms with Crippen LogP contribution in [0.15, 0.2) is 39.7 Å². The molecule has 0 unspecified atom stereocenters. The Bertz CT molecular complexity index is 849. The van der Waals surface area contributed by atoms with E-state index in [2.05, 4.69) is 47.1 Å². The summed E-state index contributed by atoms with van der Waals surface area (Å²) in [5.41, 5.74) is 6.42. The molecule has 3 rings (SSSR count). The maximum Gasteiger partial charge on any atom is 0.266 e. The molecule has 0 aliphatic carbocycles. The van der Waals surface area contributed by atoms with E-state index in [1.54, 1.807) is 0 Å². The van der Waals surface area contributed by atoms with E-state index in [1.807, 2.05) is 24.3 Å². The van der Waals surface area contributed by atoms with Gasteiger partial charge in [-0.3, -0.25) is 4.79 Å². The highest BCUT2D eigenvalue weighted by atomic mass is 79.9. The van der Waals surface area contributed by atoms with Gasteiger partial charge in [0.2, 0.25) is 0 Å². The Morgan fingerprint density at radius 3 is 2.86 bits per heavy atom. The van der Waals surface area contributed by atoms with Crippen LogP contribution in [0.5, 0.6) is 0 Å². The number of hydrogen-bond donors (Lipinski definition) is 2. The zero-order valence-corrected chi connectivity index (χ0v) is 14.4. The summed E-state index contributed by atoms with van der Waals surface area (Å²) in [6.45, 7) is 0. The number of nitrogens with two attached hydrogens (primary N) is 1. The largest absolute Gasteiger partial charge is 0.399 e. The van der Waals surface area contributed by atoms with Crippen molar-refractivity contribution < 1.29 is 4.79 Å². The number of nitrogens with one attached hydrogen (secondary N) is 1. The van der Waals surface area contributed by atoms with Gasteiger partial charge in [-0.1, -0.05) is 0 Å². The number of halogens is 2. The molecular formula is C13H8Br2N4OS. The van der Waals surface area contributed by atoms with Gasteiger partial charge in [0.15, 0.2) is 5.82 Å². The van der Waals surface area contributed by atoms with E-state index in [-0.39, 0.29) is 5.91 Å². The molecule has 3 aromatic rings. The number of hydrogen-bond acceptors (Lipinski definition) is 5. The van der Waals surface area contributed by atoms with Gasteiger partial charge in [0, 0.05) is 10.4 Å². The molecule has 106 valence electrons. The number of amides is 1. The summed E-state index contributed by atoms with van der Waals surface area (Å²) in [7, 11) is 0. The van der Waals surface area contributed by atoms with Crippen LogP contribution in [-0.2, 0) is 0 Å². The molecule has 0 bridgehead atoms. The molecule has 3 N–H and O–H groups in total. The molecule has 0 saturated heterocycles. The van der Waals surface area contributed by atoms with Gasteiger partial charge in [-0.05, 0) is 61.5 Å². The van der Waals surface area contributed by atoms with Crippen LogP contribution in [0, 0.1) is 0 Å². The first kappa shape index (κ1) is 14.4. The maximum atomic E-state index is 12.3. The van der Waals surface area contributed by atoms with Crippen molar-refractivity contribution >= 4 is 70.7 Å².